The molecule has 3 aliphatic heterocycles. The van der Waals surface area contributed by atoms with Crippen LogP contribution < -0.4 is 14.2 Å². The van der Waals surface area contributed by atoms with Crippen LogP contribution >= 0.6 is 0 Å². The normalized spacial score (nSPS) is 34.6. The summed E-state index contributed by atoms with van der Waals surface area (Å²) in [6, 6.07) is 12.5. The van der Waals surface area contributed by atoms with Crippen LogP contribution in [0, 0.1) is 34.9 Å². The third kappa shape index (κ3) is 5.11. The largest absolute Gasteiger partial charge is 0.493 e. The van der Waals surface area contributed by atoms with Gasteiger partial charge in [0.15, 0.2) is 11.5 Å². The maximum absolute atomic E-state index is 13.7. The molecule has 0 spiro atoms. The van der Waals surface area contributed by atoms with E-state index in [1.807, 2.05) is 30.3 Å². The number of fused-ring (bicyclic) bond motifs is 3. The smallest absolute Gasteiger partial charge is 0.310 e. The molecule has 0 radical (unpaired) electrons. The Morgan fingerprint density at radius 2 is 1.98 bits per heavy atom. The first-order valence-corrected chi connectivity index (χ1v) is 15.2. The molecule has 4 fully saturated rings. The van der Waals surface area contributed by atoms with Crippen LogP contribution in [0.3, 0.4) is 0 Å². The van der Waals surface area contributed by atoms with Gasteiger partial charge in [0.1, 0.15) is 17.7 Å². The van der Waals surface area contributed by atoms with Crippen molar-refractivity contribution in [3.05, 3.63) is 66.0 Å². The maximum Gasteiger partial charge on any atom is 0.310 e. The summed E-state index contributed by atoms with van der Waals surface area (Å²) in [4.78, 5) is 15.7. The number of rotatable bonds is 6. The van der Waals surface area contributed by atoms with Gasteiger partial charge in [0.2, 0.25) is 6.79 Å². The highest BCUT2D eigenvalue weighted by Crippen LogP contribution is 2.57. The molecule has 0 N–H and O–H groups in total. The van der Waals surface area contributed by atoms with Crippen molar-refractivity contribution < 1.29 is 28.1 Å². The van der Waals surface area contributed by atoms with Gasteiger partial charge in [-0.1, -0.05) is 31.2 Å². The van der Waals surface area contributed by atoms with E-state index in [0.29, 0.717) is 24.8 Å². The molecule has 2 saturated heterocycles. The van der Waals surface area contributed by atoms with Crippen molar-refractivity contribution in [2.24, 2.45) is 29.1 Å². The second-order valence-corrected chi connectivity index (χ2v) is 13.2. The van der Waals surface area contributed by atoms with Crippen LogP contribution in [-0.2, 0) is 9.53 Å². The third-order valence-electron chi connectivity index (χ3n) is 10.7. The molecule has 41 heavy (non-hydrogen) atoms. The summed E-state index contributed by atoms with van der Waals surface area (Å²) in [6.45, 7) is 9.97. The van der Waals surface area contributed by atoms with Gasteiger partial charge in [-0.15, -0.1) is 0 Å². The topological polar surface area (TPSA) is 57.2 Å². The number of carbonyl (C=O) groups is 1. The van der Waals surface area contributed by atoms with E-state index in [1.165, 1.54) is 18.4 Å². The molecule has 0 unspecified atom stereocenters. The van der Waals surface area contributed by atoms with E-state index in [9.17, 15) is 9.18 Å². The number of allylic oxidation sites excluding steroid dienone is 1. The lowest BCUT2D eigenvalue weighted by Gasteiger charge is -2.50. The Morgan fingerprint density at radius 3 is 2.83 bits per heavy atom. The molecule has 218 valence electrons. The highest BCUT2D eigenvalue weighted by Gasteiger charge is 2.55. The monoisotopic (exact) mass is 561 g/mol. The molecule has 7 atom stereocenters. The zero-order valence-electron chi connectivity index (χ0n) is 23.9. The van der Waals surface area contributed by atoms with Crippen LogP contribution in [0.4, 0.5) is 4.39 Å². The van der Waals surface area contributed by atoms with Gasteiger partial charge < -0.3 is 23.8 Å². The Hall–Kier alpha value is -3.06. The lowest BCUT2D eigenvalue weighted by molar-refractivity contribution is -0.146. The number of esters is 1. The summed E-state index contributed by atoms with van der Waals surface area (Å²) >= 11 is 0. The summed E-state index contributed by atoms with van der Waals surface area (Å²) in [5.41, 5.74) is 2.71. The number of piperidine rings is 1. The van der Waals surface area contributed by atoms with E-state index >= 15 is 0 Å². The van der Waals surface area contributed by atoms with Gasteiger partial charge in [-0.05, 0) is 92.1 Å². The molecule has 2 aromatic carbocycles. The second kappa shape index (κ2) is 10.6. The maximum atomic E-state index is 13.7. The highest BCUT2D eigenvalue weighted by atomic mass is 19.1. The Bertz CT molecular complexity index is 1310. The Morgan fingerprint density at radius 1 is 1.15 bits per heavy atom. The van der Waals surface area contributed by atoms with E-state index in [0.717, 1.165) is 55.8 Å². The van der Waals surface area contributed by atoms with Gasteiger partial charge in [0, 0.05) is 31.0 Å². The fourth-order valence-corrected chi connectivity index (χ4v) is 8.50. The lowest BCUT2D eigenvalue weighted by Crippen LogP contribution is -2.48. The zero-order valence-corrected chi connectivity index (χ0v) is 23.9. The Kier molecular flexibility index (Phi) is 6.96. The van der Waals surface area contributed by atoms with E-state index in [2.05, 4.69) is 18.4 Å². The van der Waals surface area contributed by atoms with Gasteiger partial charge in [-0.25, -0.2) is 4.39 Å². The number of halogens is 1. The molecule has 7 rings (SSSR count). The zero-order chi connectivity index (χ0) is 28.1. The van der Waals surface area contributed by atoms with E-state index in [4.69, 9.17) is 18.9 Å². The van der Waals surface area contributed by atoms with E-state index in [-0.39, 0.29) is 53.8 Å². The molecule has 0 aromatic heterocycles. The van der Waals surface area contributed by atoms with Crippen LogP contribution in [0.2, 0.25) is 0 Å². The number of hydrogen-bond acceptors (Lipinski definition) is 6. The number of ether oxygens (including phenoxy) is 4. The summed E-state index contributed by atoms with van der Waals surface area (Å²) in [6.07, 6.45) is 6.43. The van der Waals surface area contributed by atoms with Crippen LogP contribution in [0.1, 0.15) is 56.9 Å². The number of carbonyl (C=O) groups excluding carboxylic acids is 1. The van der Waals surface area contributed by atoms with Crippen LogP contribution in [0.5, 0.6) is 17.2 Å². The minimum Gasteiger partial charge on any atom is -0.493 e. The molecule has 2 aliphatic carbocycles. The predicted octanol–water partition coefficient (Wildman–Crippen LogP) is 6.35. The van der Waals surface area contributed by atoms with E-state index < -0.39 is 0 Å². The third-order valence-corrected chi connectivity index (χ3v) is 10.7. The number of nitrogens with zero attached hydrogens (tertiary/aromatic N) is 1. The van der Waals surface area contributed by atoms with Crippen molar-refractivity contribution in [3.8, 4) is 17.2 Å². The molecule has 2 saturated carbocycles. The van der Waals surface area contributed by atoms with Crippen LogP contribution in [-0.4, -0.2) is 50.0 Å². The van der Waals surface area contributed by atoms with E-state index in [1.54, 1.807) is 12.1 Å². The fraction of sp³-hybridized carbons (Fsp3) is 0.559. The molecule has 7 heteroatoms. The number of hydrogen-bond donors (Lipinski definition) is 0. The average Bonchev–Trinajstić information content (AvgIpc) is 3.54. The van der Waals surface area contributed by atoms with Crippen molar-refractivity contribution in [1.29, 1.82) is 0 Å². The summed E-state index contributed by atoms with van der Waals surface area (Å²) in [7, 11) is 0. The molecule has 0 amide bonds. The highest BCUT2D eigenvalue weighted by molar-refractivity contribution is 5.75. The number of benzene rings is 2. The first-order chi connectivity index (χ1) is 19.9. The van der Waals surface area contributed by atoms with Crippen LogP contribution in [0.15, 0.2) is 54.6 Å². The first kappa shape index (κ1) is 26.8. The first-order valence-electron chi connectivity index (χ1n) is 15.2. The number of likely N-dealkylation sites (tertiary alicyclic amines) is 1. The Labute approximate surface area is 241 Å². The van der Waals surface area contributed by atoms with Crippen molar-refractivity contribution in [3.63, 3.8) is 0 Å². The SMILES string of the molecule is C=C1CCC[C@]2(C)C[C@H]3OC(=O)[C@H](CN4CC[C@H](c5ccc(F)cc5)[C@@H](COc5ccc6c(c5)OCO6)C4)[C@H]3C[C@@H]12. The molecule has 3 heterocycles. The summed E-state index contributed by atoms with van der Waals surface area (Å²) in [5.74, 6) is 2.98. The standard InChI is InChI=1S/C34H40FNO5/c1-21-4-3-12-34(2)16-32-27(15-29(21)34)28(33(37)41-32)18-36-13-11-26(22-5-7-24(35)8-6-22)23(17-36)19-38-25-9-10-30-31(14-25)40-20-39-30/h5-10,14,23,26-29,32H,1,3-4,11-13,15-20H2,2H3/t23-,26-,27-,28-,29+,32-,34-/m1/s1. The predicted molar refractivity (Wildman–Crippen MR) is 152 cm³/mol. The minimum absolute atomic E-state index is 0.0262. The fourth-order valence-electron chi connectivity index (χ4n) is 8.50. The van der Waals surface area contributed by atoms with Crippen molar-refractivity contribution in [2.75, 3.05) is 33.0 Å². The van der Waals surface area contributed by atoms with Gasteiger partial charge in [-0.3, -0.25) is 4.79 Å². The second-order valence-electron chi connectivity index (χ2n) is 13.2. The van der Waals surface area contributed by atoms with Crippen molar-refractivity contribution in [1.82, 2.24) is 4.90 Å². The van der Waals surface area contributed by atoms with Gasteiger partial charge in [0.25, 0.3) is 0 Å². The summed E-state index contributed by atoms with van der Waals surface area (Å²) in [5, 5.41) is 0. The molecular weight excluding hydrogens is 521 g/mol. The van der Waals surface area contributed by atoms with Gasteiger partial charge in [0.05, 0.1) is 12.5 Å². The minimum atomic E-state index is -0.224. The average molecular weight is 562 g/mol. The molecule has 0 bridgehead atoms. The van der Waals surface area contributed by atoms with Crippen molar-refractivity contribution in [2.45, 2.75) is 57.5 Å². The molecular formula is C34H40FNO5. The molecule has 2 aromatic rings. The van der Waals surface area contributed by atoms with Gasteiger partial charge >= 0.3 is 5.97 Å². The van der Waals surface area contributed by atoms with Crippen molar-refractivity contribution >= 4 is 5.97 Å². The summed E-state index contributed by atoms with van der Waals surface area (Å²) < 4.78 is 37.1. The Balaban J connectivity index is 1.06. The molecule has 5 aliphatic rings. The molecule has 6 nitrogen and oxygen atoms in total. The van der Waals surface area contributed by atoms with Gasteiger partial charge in [-0.2, -0.15) is 0 Å². The van der Waals surface area contributed by atoms with Crippen LogP contribution in [0.25, 0.3) is 0 Å². The quantitative estimate of drug-likeness (QED) is 0.303. The lowest BCUT2D eigenvalue weighted by atomic mass is 9.55.